The highest BCUT2D eigenvalue weighted by Crippen LogP contribution is 2.42. The largest absolute Gasteiger partial charge is 0.477 e. The Hall–Kier alpha value is -5.28. The Bertz CT molecular complexity index is 2110. The number of nitrogens with one attached hydrogen (secondary N) is 2. The van der Waals surface area contributed by atoms with Crippen LogP contribution in [0.2, 0.25) is 5.15 Å². The number of allylic oxidation sites excluding steroid dienone is 1. The number of halogens is 1. The van der Waals surface area contributed by atoms with E-state index in [-0.39, 0.29) is 17.1 Å². The van der Waals surface area contributed by atoms with Crippen molar-refractivity contribution in [2.45, 2.75) is 17.0 Å². The van der Waals surface area contributed by atoms with Crippen molar-refractivity contribution in [1.82, 2.24) is 20.2 Å². The van der Waals surface area contributed by atoms with E-state index >= 15 is 0 Å². The van der Waals surface area contributed by atoms with Gasteiger partial charge in [-0.1, -0.05) is 114 Å². The molecule has 0 bridgehead atoms. The summed E-state index contributed by atoms with van der Waals surface area (Å²) in [4.78, 5) is 55.2. The van der Waals surface area contributed by atoms with Gasteiger partial charge in [-0.2, -0.15) is 0 Å². The van der Waals surface area contributed by atoms with Crippen LogP contribution < -0.4 is 10.6 Å². The molecule has 1 fully saturated rings. The van der Waals surface area contributed by atoms with E-state index in [9.17, 15) is 19.5 Å². The van der Waals surface area contributed by atoms with E-state index in [0.29, 0.717) is 26.5 Å². The summed E-state index contributed by atoms with van der Waals surface area (Å²) < 4.78 is 0. The number of aliphatic carboxylic acids is 1. The number of hydrogen-bond donors (Lipinski definition) is 3. The lowest BCUT2D eigenvalue weighted by molar-refractivity contribution is -0.150. The number of amides is 2. The van der Waals surface area contributed by atoms with Gasteiger partial charge in [0.1, 0.15) is 40.6 Å². The number of carbonyl (C=O) groups is 3. The molecule has 2 aliphatic rings. The maximum Gasteiger partial charge on any atom is 0.352 e. The third-order valence-electron chi connectivity index (χ3n) is 8.53. The van der Waals surface area contributed by atoms with E-state index < -0.39 is 34.7 Å². The number of thioether (sulfide) groups is 1. The summed E-state index contributed by atoms with van der Waals surface area (Å²) in [6.07, 6.45) is 3.31. The van der Waals surface area contributed by atoms with Gasteiger partial charge in [0.2, 0.25) is 0 Å². The number of hydrogen-bond acceptors (Lipinski definition) is 11. The number of carbonyl (C=O) groups excluding carboxylic acids is 2. The minimum Gasteiger partial charge on any atom is -0.477 e. The number of thiazole rings is 2. The third kappa shape index (κ3) is 6.61. The second-order valence-electron chi connectivity index (χ2n) is 11.5. The number of carboxylic acid groups (broad SMARTS) is 1. The molecule has 3 N–H and O–H groups in total. The van der Waals surface area contributed by atoms with Crippen LogP contribution in [-0.4, -0.2) is 67.7 Å². The van der Waals surface area contributed by atoms with Gasteiger partial charge in [0, 0.05) is 11.1 Å². The van der Waals surface area contributed by atoms with Crippen molar-refractivity contribution in [3.63, 3.8) is 0 Å². The Morgan fingerprint density at radius 1 is 0.981 bits per heavy atom. The van der Waals surface area contributed by atoms with Crippen LogP contribution in [0.25, 0.3) is 6.08 Å². The molecular weight excluding hydrogens is 740 g/mol. The van der Waals surface area contributed by atoms with E-state index in [0.717, 1.165) is 16.7 Å². The van der Waals surface area contributed by atoms with Crippen LogP contribution in [0.15, 0.2) is 124 Å². The molecule has 1 unspecified atom stereocenters. The van der Waals surface area contributed by atoms with Crippen LogP contribution in [0.5, 0.6) is 0 Å². The van der Waals surface area contributed by atoms with Crippen LogP contribution in [0, 0.1) is 0 Å². The summed E-state index contributed by atoms with van der Waals surface area (Å²) in [7, 11) is 1.32. The lowest BCUT2D eigenvalue weighted by Gasteiger charge is -2.49. The predicted octanol–water partition coefficient (Wildman–Crippen LogP) is 6.46. The summed E-state index contributed by atoms with van der Waals surface area (Å²) in [5, 5.41) is 22.4. The first-order valence-electron chi connectivity index (χ1n) is 15.8. The van der Waals surface area contributed by atoms with Crippen LogP contribution in [0.1, 0.15) is 27.3 Å². The number of anilines is 1. The van der Waals surface area contributed by atoms with Crippen molar-refractivity contribution in [3.8, 4) is 0 Å². The SMILES string of the molecule is CON=C(C(=O)NC1C(=O)N2C(C(=O)O)=C(C=Cc3scnc3Cl)CS[C@H]12)c1csc(NC(c2ccccc2)(c2ccccc2)c2ccccc2)n1. The Morgan fingerprint density at radius 2 is 1.60 bits per heavy atom. The standard InChI is InChI=1S/C37H29ClN6O5S3/c1-49-43-28(32(45)41-29-33(46)44-30(35(47)48)22(19-50-34(29)44)17-18-27-31(38)39-21-52-27)26-20-51-36(40-26)42-37(23-11-5-2-6-12-23,24-13-7-3-8-14-24)25-15-9-4-10-16-25/h2-18,20-21,29,34H,19H2,1H3,(H,40,42)(H,41,45)(H,47,48)/t29?,34-/m1/s1. The molecule has 2 aromatic heterocycles. The van der Waals surface area contributed by atoms with Gasteiger partial charge >= 0.3 is 5.97 Å². The first-order valence-corrected chi connectivity index (χ1v) is 19.0. The number of β-lactam (4-membered cyclic amide) rings is 1. The van der Waals surface area contributed by atoms with Crippen LogP contribution >= 0.6 is 46.0 Å². The lowest BCUT2D eigenvalue weighted by atomic mass is 9.77. The van der Waals surface area contributed by atoms with E-state index in [1.807, 2.05) is 54.6 Å². The summed E-state index contributed by atoms with van der Waals surface area (Å²) >= 11 is 10.0. The molecule has 5 aromatic rings. The maximum atomic E-state index is 13.7. The van der Waals surface area contributed by atoms with E-state index in [1.165, 1.54) is 46.4 Å². The van der Waals surface area contributed by atoms with Gasteiger partial charge in [-0.25, -0.2) is 14.8 Å². The Kier molecular flexibility index (Phi) is 10.2. The fraction of sp³-hybridized carbons (Fsp3) is 0.135. The van der Waals surface area contributed by atoms with Gasteiger partial charge < -0.3 is 20.6 Å². The van der Waals surface area contributed by atoms with Gasteiger partial charge in [0.05, 0.1) is 10.4 Å². The molecule has 0 spiro atoms. The molecule has 2 amide bonds. The summed E-state index contributed by atoms with van der Waals surface area (Å²) in [6, 6.07) is 29.1. The van der Waals surface area contributed by atoms with Gasteiger partial charge in [0.25, 0.3) is 11.8 Å². The van der Waals surface area contributed by atoms with Crippen molar-refractivity contribution in [1.29, 1.82) is 0 Å². The highest BCUT2D eigenvalue weighted by molar-refractivity contribution is 8.00. The molecule has 4 heterocycles. The molecule has 7 rings (SSSR count). The van der Waals surface area contributed by atoms with E-state index in [2.05, 4.69) is 57.2 Å². The quantitative estimate of drug-likeness (QED) is 0.0564. The minimum atomic E-state index is -1.25. The number of fused-ring (bicyclic) bond motifs is 1. The van der Waals surface area contributed by atoms with Gasteiger partial charge in [-0.05, 0) is 28.3 Å². The molecule has 2 atom stereocenters. The van der Waals surface area contributed by atoms with E-state index in [1.54, 1.807) is 23.0 Å². The summed E-state index contributed by atoms with van der Waals surface area (Å²) in [6.45, 7) is 0. The molecule has 0 aliphatic carbocycles. The normalized spacial score (nSPS) is 17.5. The molecule has 15 heteroatoms. The second kappa shape index (κ2) is 15.1. The zero-order chi connectivity index (χ0) is 36.2. The number of carboxylic acids is 1. The molecule has 0 radical (unpaired) electrons. The lowest BCUT2D eigenvalue weighted by Crippen LogP contribution is -2.71. The van der Waals surface area contributed by atoms with Crippen molar-refractivity contribution < 1.29 is 24.3 Å². The molecule has 0 saturated carbocycles. The van der Waals surface area contributed by atoms with E-state index in [4.69, 9.17) is 21.4 Å². The smallest absolute Gasteiger partial charge is 0.352 e. The van der Waals surface area contributed by atoms with Crippen molar-refractivity contribution >= 4 is 80.7 Å². The highest BCUT2D eigenvalue weighted by atomic mass is 35.5. The summed E-state index contributed by atoms with van der Waals surface area (Å²) in [5.74, 6) is -2.20. The molecule has 3 aromatic carbocycles. The topological polar surface area (TPSA) is 146 Å². The fourth-order valence-electron chi connectivity index (χ4n) is 6.18. The molecule has 11 nitrogen and oxygen atoms in total. The number of rotatable bonds is 12. The Balaban J connectivity index is 1.14. The van der Waals surface area contributed by atoms with Crippen LogP contribution in [0.3, 0.4) is 0 Å². The zero-order valence-electron chi connectivity index (χ0n) is 27.3. The first-order chi connectivity index (χ1) is 25.3. The second-order valence-corrected chi connectivity index (χ2v) is 14.7. The Labute approximate surface area is 315 Å². The highest BCUT2D eigenvalue weighted by Gasteiger charge is 2.54. The van der Waals surface area contributed by atoms with Gasteiger partial charge in [0.15, 0.2) is 10.8 Å². The number of aromatic nitrogens is 2. The van der Waals surface area contributed by atoms with Crippen molar-refractivity contribution in [2.75, 3.05) is 18.2 Å². The van der Waals surface area contributed by atoms with Gasteiger partial charge in [-0.15, -0.1) is 34.4 Å². The fourth-order valence-corrected chi connectivity index (χ4v) is 9.12. The number of nitrogens with zero attached hydrogens (tertiary/aromatic N) is 4. The minimum absolute atomic E-state index is 0.136. The summed E-state index contributed by atoms with van der Waals surface area (Å²) in [5.41, 5.74) is 4.07. The molecule has 52 heavy (non-hydrogen) atoms. The van der Waals surface area contributed by atoms with Crippen molar-refractivity contribution in [2.24, 2.45) is 5.16 Å². The molecular formula is C37H29ClN6O5S3. The predicted molar refractivity (Wildman–Crippen MR) is 204 cm³/mol. The third-order valence-corrected chi connectivity index (χ3v) is 11.8. The molecule has 1 saturated heterocycles. The van der Waals surface area contributed by atoms with Gasteiger partial charge in [-0.3, -0.25) is 14.5 Å². The average Bonchev–Trinajstić information content (AvgIpc) is 3.82. The molecule has 2 aliphatic heterocycles. The maximum absolute atomic E-state index is 13.7. The Morgan fingerprint density at radius 3 is 2.13 bits per heavy atom. The number of oxime groups is 1. The number of benzene rings is 3. The zero-order valence-corrected chi connectivity index (χ0v) is 30.5. The average molecular weight is 769 g/mol. The van der Waals surface area contributed by atoms with Crippen LogP contribution in [-0.2, 0) is 24.8 Å². The first kappa shape index (κ1) is 35.1. The monoisotopic (exact) mass is 768 g/mol. The van der Waals surface area contributed by atoms with Crippen molar-refractivity contribution in [3.05, 3.63) is 152 Å². The van der Waals surface area contributed by atoms with Crippen LogP contribution in [0.4, 0.5) is 5.13 Å². The molecule has 262 valence electrons.